The normalized spacial score (nSPS) is 12.6. The van der Waals surface area contributed by atoms with E-state index >= 15 is 0 Å². The Morgan fingerprint density at radius 1 is 1.37 bits per heavy atom. The van der Waals surface area contributed by atoms with Crippen LogP contribution in [0.3, 0.4) is 0 Å². The van der Waals surface area contributed by atoms with E-state index in [2.05, 4.69) is 65.4 Å². The number of benzene rings is 1. The molecule has 1 unspecified atom stereocenters. The van der Waals surface area contributed by atoms with E-state index in [-0.39, 0.29) is 0 Å². The maximum absolute atomic E-state index is 6.15. The minimum absolute atomic E-state index is 0.319. The van der Waals surface area contributed by atoms with Gasteiger partial charge in [-0.2, -0.15) is 0 Å². The quantitative estimate of drug-likeness (QED) is 0.758. The fourth-order valence-corrected chi connectivity index (χ4v) is 3.93. The molecule has 0 spiro atoms. The summed E-state index contributed by atoms with van der Waals surface area (Å²) >= 11 is 11.3. The zero-order valence-electron chi connectivity index (χ0n) is 11.0. The fourth-order valence-electron chi connectivity index (χ4n) is 2.11. The minimum Gasteiger partial charge on any atom is -0.309 e. The van der Waals surface area contributed by atoms with Crippen LogP contribution >= 0.6 is 38.9 Å². The zero-order chi connectivity index (χ0) is 13.8. The molecule has 0 aliphatic heterocycles. The van der Waals surface area contributed by atoms with Gasteiger partial charge in [-0.3, -0.25) is 0 Å². The second-order valence-electron chi connectivity index (χ2n) is 4.51. The van der Waals surface area contributed by atoms with Crippen molar-refractivity contribution in [3.8, 4) is 0 Å². The van der Waals surface area contributed by atoms with Gasteiger partial charge in [0.15, 0.2) is 0 Å². The van der Waals surface area contributed by atoms with Gasteiger partial charge in [-0.15, -0.1) is 11.3 Å². The second kappa shape index (κ2) is 6.89. The molecule has 0 fully saturated rings. The van der Waals surface area contributed by atoms with E-state index in [1.54, 1.807) is 11.3 Å². The first-order chi connectivity index (χ1) is 9.11. The highest BCUT2D eigenvalue weighted by Crippen LogP contribution is 2.36. The van der Waals surface area contributed by atoms with Crippen LogP contribution in [-0.2, 0) is 6.42 Å². The summed E-state index contributed by atoms with van der Waals surface area (Å²) in [5.41, 5.74) is 2.72. The number of thiophene rings is 1. The molecule has 2 aromatic rings. The van der Waals surface area contributed by atoms with Gasteiger partial charge in [0.1, 0.15) is 4.34 Å². The highest BCUT2D eigenvalue weighted by molar-refractivity contribution is 9.10. The van der Waals surface area contributed by atoms with E-state index in [0.717, 1.165) is 21.8 Å². The lowest BCUT2D eigenvalue weighted by molar-refractivity contribution is 0.557. The second-order valence-corrected chi connectivity index (χ2v) is 7.05. The van der Waals surface area contributed by atoms with Gasteiger partial charge in [-0.25, -0.2) is 0 Å². The van der Waals surface area contributed by atoms with Crippen molar-refractivity contribution in [2.75, 3.05) is 6.54 Å². The number of likely N-dealkylation sites (N-methyl/N-ethyl adjacent to an activating group) is 1. The van der Waals surface area contributed by atoms with Gasteiger partial charge in [0, 0.05) is 15.4 Å². The molecule has 0 bridgehead atoms. The molecular formula is C15H17BrClNS. The van der Waals surface area contributed by atoms with E-state index in [1.165, 1.54) is 16.0 Å². The first-order valence-electron chi connectivity index (χ1n) is 6.34. The zero-order valence-corrected chi connectivity index (χ0v) is 14.2. The monoisotopic (exact) mass is 357 g/mol. The van der Waals surface area contributed by atoms with Crippen molar-refractivity contribution in [1.29, 1.82) is 0 Å². The van der Waals surface area contributed by atoms with Gasteiger partial charge >= 0.3 is 0 Å². The molecule has 1 heterocycles. The molecule has 0 aliphatic rings. The number of halogens is 2. The van der Waals surface area contributed by atoms with Crippen molar-refractivity contribution in [1.82, 2.24) is 5.32 Å². The Kier molecular flexibility index (Phi) is 5.46. The van der Waals surface area contributed by atoms with E-state index in [1.807, 2.05) is 0 Å². The number of hydrogen-bond acceptors (Lipinski definition) is 2. The SMILES string of the molecule is CCNC(Cc1ccccc1C)c1cc(Br)c(Cl)s1. The molecule has 19 heavy (non-hydrogen) atoms. The summed E-state index contributed by atoms with van der Waals surface area (Å²) in [6, 6.07) is 11.0. The molecular weight excluding hydrogens is 342 g/mol. The van der Waals surface area contributed by atoms with Gasteiger partial charge in [0.2, 0.25) is 0 Å². The molecule has 0 aliphatic carbocycles. The maximum Gasteiger partial charge on any atom is 0.107 e. The summed E-state index contributed by atoms with van der Waals surface area (Å²) in [4.78, 5) is 1.28. The first-order valence-corrected chi connectivity index (χ1v) is 8.33. The Morgan fingerprint density at radius 3 is 2.68 bits per heavy atom. The summed E-state index contributed by atoms with van der Waals surface area (Å²) in [6.07, 6.45) is 0.990. The van der Waals surface area contributed by atoms with Crippen molar-refractivity contribution >= 4 is 38.9 Å². The third-order valence-electron chi connectivity index (χ3n) is 3.14. The van der Waals surface area contributed by atoms with Crippen LogP contribution in [0.2, 0.25) is 4.34 Å². The van der Waals surface area contributed by atoms with Crippen molar-refractivity contribution in [3.63, 3.8) is 0 Å². The van der Waals surface area contributed by atoms with Crippen molar-refractivity contribution in [2.24, 2.45) is 0 Å². The molecule has 0 saturated carbocycles. The molecule has 4 heteroatoms. The van der Waals surface area contributed by atoms with Crippen LogP contribution in [-0.4, -0.2) is 6.54 Å². The van der Waals surface area contributed by atoms with Crippen molar-refractivity contribution in [3.05, 3.63) is 55.1 Å². The average Bonchev–Trinajstić information content (AvgIpc) is 2.72. The van der Waals surface area contributed by atoms with Crippen LogP contribution in [0.4, 0.5) is 0 Å². The third kappa shape index (κ3) is 3.82. The van der Waals surface area contributed by atoms with Crippen LogP contribution < -0.4 is 5.32 Å². The Labute approximate surface area is 132 Å². The minimum atomic E-state index is 0.319. The van der Waals surface area contributed by atoms with Crippen LogP contribution in [0.25, 0.3) is 0 Å². The Balaban J connectivity index is 2.23. The van der Waals surface area contributed by atoms with Crippen molar-refractivity contribution < 1.29 is 0 Å². The molecule has 0 amide bonds. The van der Waals surface area contributed by atoms with Crippen LogP contribution in [0.15, 0.2) is 34.8 Å². The Morgan fingerprint density at radius 2 is 2.11 bits per heavy atom. The maximum atomic E-state index is 6.15. The highest BCUT2D eigenvalue weighted by Gasteiger charge is 2.16. The van der Waals surface area contributed by atoms with Crippen LogP contribution in [0.1, 0.15) is 29.0 Å². The topological polar surface area (TPSA) is 12.0 Å². The lowest BCUT2D eigenvalue weighted by Crippen LogP contribution is -2.22. The van der Waals surface area contributed by atoms with Gasteiger partial charge in [0.05, 0.1) is 0 Å². The number of rotatable bonds is 5. The summed E-state index contributed by atoms with van der Waals surface area (Å²) in [7, 11) is 0. The van der Waals surface area contributed by atoms with Gasteiger partial charge < -0.3 is 5.32 Å². The summed E-state index contributed by atoms with van der Waals surface area (Å²) in [6.45, 7) is 5.24. The highest BCUT2D eigenvalue weighted by atomic mass is 79.9. The largest absolute Gasteiger partial charge is 0.309 e. The first kappa shape index (κ1) is 15.0. The summed E-state index contributed by atoms with van der Waals surface area (Å²) < 4.78 is 1.81. The van der Waals surface area contributed by atoms with Crippen LogP contribution in [0.5, 0.6) is 0 Å². The smallest absolute Gasteiger partial charge is 0.107 e. The van der Waals surface area contributed by atoms with Gasteiger partial charge in [-0.1, -0.05) is 42.8 Å². The third-order valence-corrected chi connectivity index (χ3v) is 5.73. The average molecular weight is 359 g/mol. The van der Waals surface area contributed by atoms with E-state index in [0.29, 0.717) is 6.04 Å². The molecule has 102 valence electrons. The standard InChI is InChI=1S/C15H17BrClNS/c1-3-18-13(14-9-12(16)15(17)19-14)8-11-7-5-4-6-10(11)2/h4-7,9,13,18H,3,8H2,1-2H3. The summed E-state index contributed by atoms with van der Waals surface area (Å²) in [5, 5.41) is 3.55. The van der Waals surface area contributed by atoms with E-state index < -0.39 is 0 Å². The molecule has 1 atom stereocenters. The Bertz CT molecular complexity index is 533. The van der Waals surface area contributed by atoms with E-state index in [4.69, 9.17) is 11.6 Å². The molecule has 1 aromatic carbocycles. The van der Waals surface area contributed by atoms with E-state index in [9.17, 15) is 0 Å². The fraction of sp³-hybridized carbons (Fsp3) is 0.333. The molecule has 2 rings (SSSR count). The number of nitrogens with one attached hydrogen (secondary N) is 1. The van der Waals surface area contributed by atoms with Gasteiger partial charge in [0.25, 0.3) is 0 Å². The molecule has 1 N–H and O–H groups in total. The molecule has 0 radical (unpaired) electrons. The number of aryl methyl sites for hydroxylation is 1. The van der Waals surface area contributed by atoms with Crippen molar-refractivity contribution in [2.45, 2.75) is 26.3 Å². The lowest BCUT2D eigenvalue weighted by Gasteiger charge is -2.17. The predicted octanol–water partition coefficient (Wildman–Crippen LogP) is 5.37. The number of hydrogen-bond donors (Lipinski definition) is 1. The van der Waals surface area contributed by atoms with Gasteiger partial charge in [-0.05, 0) is 53.0 Å². The molecule has 1 aromatic heterocycles. The molecule has 1 nitrogen and oxygen atoms in total. The predicted molar refractivity (Wildman–Crippen MR) is 88.3 cm³/mol. The Hall–Kier alpha value is -0.350. The lowest BCUT2D eigenvalue weighted by atomic mass is 10.0. The molecule has 0 saturated heterocycles. The van der Waals surface area contributed by atoms with Crippen LogP contribution in [0, 0.1) is 6.92 Å². The summed E-state index contributed by atoms with van der Waals surface area (Å²) in [5.74, 6) is 0.